The van der Waals surface area contributed by atoms with Crippen LogP contribution >= 0.6 is 0 Å². The fourth-order valence-electron chi connectivity index (χ4n) is 1.99. The number of carbonyl (C=O) groups excluding carboxylic acids is 2. The van der Waals surface area contributed by atoms with Gasteiger partial charge in [-0.3, -0.25) is 14.4 Å². The number of carboxylic acids is 1. The standard InChI is InChI=1S/C18H21N3O5/c1-18(2,3)17(25)20-14-8-5-11(9-19-14)12-6-7-13(26-12)16(24)21(4)10-15(22)23/h5-9H,10H2,1-4H3,(H,22,23)(H,19,20,25). The summed E-state index contributed by atoms with van der Waals surface area (Å²) in [7, 11) is 1.38. The molecule has 2 aromatic heterocycles. The number of rotatable bonds is 5. The van der Waals surface area contributed by atoms with Gasteiger partial charge >= 0.3 is 5.97 Å². The van der Waals surface area contributed by atoms with Crippen LogP contribution in [0.4, 0.5) is 5.82 Å². The average Bonchev–Trinajstić information content (AvgIpc) is 3.03. The molecule has 26 heavy (non-hydrogen) atoms. The number of carboxylic acid groups (broad SMARTS) is 1. The van der Waals surface area contributed by atoms with Crippen LogP contribution in [0.25, 0.3) is 11.3 Å². The highest BCUT2D eigenvalue weighted by molar-refractivity contribution is 5.94. The van der Waals surface area contributed by atoms with Gasteiger partial charge in [-0.2, -0.15) is 0 Å². The van der Waals surface area contributed by atoms with Crippen LogP contribution in [0.1, 0.15) is 31.3 Å². The Labute approximate surface area is 150 Å². The van der Waals surface area contributed by atoms with E-state index in [2.05, 4.69) is 10.3 Å². The van der Waals surface area contributed by atoms with Crippen LogP contribution in [0.3, 0.4) is 0 Å². The molecule has 8 heteroatoms. The number of hydrogen-bond acceptors (Lipinski definition) is 5. The number of nitrogens with one attached hydrogen (secondary N) is 1. The van der Waals surface area contributed by atoms with Gasteiger partial charge in [-0.15, -0.1) is 0 Å². The van der Waals surface area contributed by atoms with Crippen molar-refractivity contribution in [1.82, 2.24) is 9.88 Å². The van der Waals surface area contributed by atoms with E-state index in [0.717, 1.165) is 4.90 Å². The summed E-state index contributed by atoms with van der Waals surface area (Å²) in [6, 6.07) is 6.43. The molecule has 8 nitrogen and oxygen atoms in total. The van der Waals surface area contributed by atoms with Gasteiger partial charge in [0.2, 0.25) is 5.91 Å². The molecule has 0 unspecified atom stereocenters. The molecule has 0 radical (unpaired) electrons. The Hall–Kier alpha value is -3.16. The van der Waals surface area contributed by atoms with Gasteiger partial charge in [0, 0.05) is 24.2 Å². The maximum atomic E-state index is 12.1. The van der Waals surface area contributed by atoms with Crippen molar-refractivity contribution in [3.8, 4) is 11.3 Å². The molecule has 0 bridgehead atoms. The summed E-state index contributed by atoms with van der Waals surface area (Å²) in [6.07, 6.45) is 1.52. The monoisotopic (exact) mass is 359 g/mol. The summed E-state index contributed by atoms with van der Waals surface area (Å²) in [4.78, 5) is 40.0. The van der Waals surface area contributed by atoms with E-state index in [1.165, 1.54) is 19.3 Å². The highest BCUT2D eigenvalue weighted by atomic mass is 16.4. The SMILES string of the molecule is CN(CC(=O)O)C(=O)c1ccc(-c2ccc(NC(=O)C(C)(C)C)nc2)o1. The highest BCUT2D eigenvalue weighted by Gasteiger charge is 2.22. The lowest BCUT2D eigenvalue weighted by Gasteiger charge is -2.17. The third-order valence-electron chi connectivity index (χ3n) is 3.51. The molecule has 2 heterocycles. The molecule has 0 aliphatic carbocycles. The number of aromatic nitrogens is 1. The number of nitrogens with zero attached hydrogens (tertiary/aromatic N) is 2. The Morgan fingerprint density at radius 1 is 1.19 bits per heavy atom. The summed E-state index contributed by atoms with van der Waals surface area (Å²) in [5.41, 5.74) is 0.0946. The van der Waals surface area contributed by atoms with Crippen molar-refractivity contribution in [3.63, 3.8) is 0 Å². The number of pyridine rings is 1. The zero-order valence-electron chi connectivity index (χ0n) is 15.1. The van der Waals surface area contributed by atoms with E-state index in [4.69, 9.17) is 9.52 Å². The minimum absolute atomic E-state index is 0.0360. The Balaban J connectivity index is 2.11. The number of likely N-dealkylation sites (N-methyl/N-ethyl adjacent to an activating group) is 1. The predicted octanol–water partition coefficient (Wildman–Crippen LogP) is 2.48. The first kappa shape index (κ1) is 19.2. The summed E-state index contributed by atoms with van der Waals surface area (Å²) in [5, 5.41) is 11.5. The van der Waals surface area contributed by atoms with E-state index in [1.54, 1.807) is 39.0 Å². The van der Waals surface area contributed by atoms with E-state index < -0.39 is 23.8 Å². The Morgan fingerprint density at radius 3 is 2.42 bits per heavy atom. The zero-order chi connectivity index (χ0) is 19.5. The maximum Gasteiger partial charge on any atom is 0.323 e. The molecule has 0 atom stereocenters. The van der Waals surface area contributed by atoms with Crippen LogP contribution in [0.2, 0.25) is 0 Å². The van der Waals surface area contributed by atoms with Crippen LogP contribution < -0.4 is 5.32 Å². The predicted molar refractivity (Wildman–Crippen MR) is 94.6 cm³/mol. The number of amides is 2. The van der Waals surface area contributed by atoms with Crippen molar-refractivity contribution in [2.75, 3.05) is 18.9 Å². The molecule has 2 rings (SSSR count). The quantitative estimate of drug-likeness (QED) is 0.848. The van der Waals surface area contributed by atoms with Crippen molar-refractivity contribution in [3.05, 3.63) is 36.2 Å². The second kappa shape index (κ2) is 7.38. The van der Waals surface area contributed by atoms with Crippen LogP contribution in [-0.2, 0) is 9.59 Å². The third-order valence-corrected chi connectivity index (χ3v) is 3.51. The van der Waals surface area contributed by atoms with Crippen molar-refractivity contribution < 1.29 is 23.9 Å². The lowest BCUT2D eigenvalue weighted by Crippen LogP contribution is -2.31. The van der Waals surface area contributed by atoms with Crippen molar-refractivity contribution in [1.29, 1.82) is 0 Å². The van der Waals surface area contributed by atoms with E-state index in [1.807, 2.05) is 0 Å². The number of hydrogen-bond donors (Lipinski definition) is 2. The van der Waals surface area contributed by atoms with Gasteiger partial charge in [0.15, 0.2) is 5.76 Å². The van der Waals surface area contributed by atoms with Crippen molar-refractivity contribution in [2.45, 2.75) is 20.8 Å². The van der Waals surface area contributed by atoms with Crippen molar-refractivity contribution in [2.24, 2.45) is 5.41 Å². The first-order valence-corrected chi connectivity index (χ1v) is 7.93. The fraction of sp³-hybridized carbons (Fsp3) is 0.333. The molecular formula is C18H21N3O5. The van der Waals surface area contributed by atoms with Crippen molar-refractivity contribution >= 4 is 23.6 Å². The largest absolute Gasteiger partial charge is 0.480 e. The summed E-state index contributed by atoms with van der Waals surface area (Å²) in [6.45, 7) is 5.00. The Bertz CT molecular complexity index is 818. The highest BCUT2D eigenvalue weighted by Crippen LogP contribution is 2.24. The number of furan rings is 1. The molecule has 0 saturated heterocycles. The molecule has 0 spiro atoms. The number of anilines is 1. The third kappa shape index (κ3) is 4.69. The minimum atomic E-state index is -1.11. The molecule has 0 aliphatic heterocycles. The van der Waals surface area contributed by atoms with Gasteiger partial charge < -0.3 is 19.7 Å². The Morgan fingerprint density at radius 2 is 1.88 bits per heavy atom. The molecule has 0 fully saturated rings. The van der Waals surface area contributed by atoms with Gasteiger partial charge in [0.1, 0.15) is 18.1 Å². The molecule has 0 aliphatic rings. The summed E-state index contributed by atoms with van der Waals surface area (Å²) < 4.78 is 5.50. The lowest BCUT2D eigenvalue weighted by molar-refractivity contribution is -0.137. The molecule has 0 saturated carbocycles. The molecular weight excluding hydrogens is 338 g/mol. The van der Waals surface area contributed by atoms with E-state index in [-0.39, 0.29) is 11.7 Å². The second-order valence-electron chi connectivity index (χ2n) is 6.86. The lowest BCUT2D eigenvalue weighted by atomic mass is 9.96. The smallest absolute Gasteiger partial charge is 0.323 e. The van der Waals surface area contributed by atoms with Crippen LogP contribution in [0, 0.1) is 5.41 Å². The average molecular weight is 359 g/mol. The van der Waals surface area contributed by atoms with Gasteiger partial charge in [0.25, 0.3) is 5.91 Å². The first-order chi connectivity index (χ1) is 12.1. The number of aliphatic carboxylic acids is 1. The normalized spacial score (nSPS) is 11.1. The Kier molecular flexibility index (Phi) is 5.44. The van der Waals surface area contributed by atoms with E-state index in [0.29, 0.717) is 17.1 Å². The van der Waals surface area contributed by atoms with Crippen LogP contribution in [0.15, 0.2) is 34.9 Å². The molecule has 0 aromatic carbocycles. The minimum Gasteiger partial charge on any atom is -0.480 e. The van der Waals surface area contributed by atoms with Crippen LogP contribution in [-0.4, -0.2) is 46.4 Å². The van der Waals surface area contributed by atoms with Crippen LogP contribution in [0.5, 0.6) is 0 Å². The van der Waals surface area contributed by atoms with Gasteiger partial charge in [-0.1, -0.05) is 20.8 Å². The van der Waals surface area contributed by atoms with E-state index >= 15 is 0 Å². The zero-order valence-corrected chi connectivity index (χ0v) is 15.1. The maximum absolute atomic E-state index is 12.1. The summed E-state index contributed by atoms with van der Waals surface area (Å²) in [5.74, 6) is -0.916. The molecule has 2 N–H and O–H groups in total. The van der Waals surface area contributed by atoms with Gasteiger partial charge in [-0.25, -0.2) is 4.98 Å². The second-order valence-corrected chi connectivity index (χ2v) is 6.86. The molecule has 2 aromatic rings. The van der Waals surface area contributed by atoms with Gasteiger partial charge in [0.05, 0.1) is 0 Å². The molecule has 2 amide bonds. The number of carbonyl (C=O) groups is 3. The fourth-order valence-corrected chi connectivity index (χ4v) is 1.99. The first-order valence-electron chi connectivity index (χ1n) is 7.93. The van der Waals surface area contributed by atoms with Gasteiger partial charge in [-0.05, 0) is 24.3 Å². The van der Waals surface area contributed by atoms with E-state index in [9.17, 15) is 14.4 Å². The summed E-state index contributed by atoms with van der Waals surface area (Å²) >= 11 is 0. The molecule has 138 valence electrons. The topological polar surface area (TPSA) is 113 Å².